The number of carbonyl (C=O) groups excluding carboxylic acids is 3. The van der Waals surface area contributed by atoms with Gasteiger partial charge in [0.25, 0.3) is 0 Å². The van der Waals surface area contributed by atoms with Crippen LogP contribution >= 0.6 is 11.8 Å². The van der Waals surface area contributed by atoms with Crippen LogP contribution in [-0.4, -0.2) is 52.6 Å². The first-order chi connectivity index (χ1) is 13.0. The summed E-state index contributed by atoms with van der Waals surface area (Å²) < 4.78 is 0. The zero-order chi connectivity index (χ0) is 19.4. The van der Waals surface area contributed by atoms with E-state index in [-0.39, 0.29) is 29.6 Å². The number of imide groups is 1. The zero-order valence-electron chi connectivity index (χ0n) is 16.1. The number of likely N-dealkylation sites (N-methyl/N-ethyl adjacent to an activating group) is 1. The number of hydrogen-bond acceptors (Lipinski definition) is 4. The number of rotatable bonds is 7. The number of likely N-dealkylation sites (tertiary alicyclic amines) is 1. The molecule has 5 nitrogen and oxygen atoms in total. The molecule has 146 valence electrons. The molecule has 6 heteroatoms. The maximum atomic E-state index is 13.2. The molecule has 3 unspecified atom stereocenters. The van der Waals surface area contributed by atoms with E-state index in [9.17, 15) is 14.4 Å². The molecule has 1 aromatic rings. The molecule has 0 radical (unpaired) electrons. The fourth-order valence-corrected chi connectivity index (χ4v) is 4.74. The Morgan fingerprint density at radius 3 is 2.30 bits per heavy atom. The van der Waals surface area contributed by atoms with Crippen molar-refractivity contribution in [1.29, 1.82) is 0 Å². The number of fused-ring (bicyclic) bond motifs is 1. The Hall–Kier alpha value is -1.82. The average Bonchev–Trinajstić information content (AvgIpc) is 2.94. The summed E-state index contributed by atoms with van der Waals surface area (Å²) in [4.78, 5) is 42.1. The van der Waals surface area contributed by atoms with Gasteiger partial charge < -0.3 is 4.90 Å². The molecule has 1 aliphatic heterocycles. The molecule has 27 heavy (non-hydrogen) atoms. The van der Waals surface area contributed by atoms with E-state index in [1.54, 1.807) is 23.7 Å². The largest absolute Gasteiger partial charge is 0.340 e. The summed E-state index contributed by atoms with van der Waals surface area (Å²) in [6.45, 7) is 0.471. The molecule has 1 aliphatic carbocycles. The van der Waals surface area contributed by atoms with Crippen molar-refractivity contribution in [3.8, 4) is 0 Å². The lowest BCUT2D eigenvalue weighted by Crippen LogP contribution is -2.50. The summed E-state index contributed by atoms with van der Waals surface area (Å²) >= 11 is 1.63. The van der Waals surface area contributed by atoms with Crippen LogP contribution in [0.1, 0.15) is 37.7 Å². The third-order valence-corrected chi connectivity index (χ3v) is 6.35. The minimum Gasteiger partial charge on any atom is -0.340 e. The fraction of sp³-hybridized carbons (Fsp3) is 0.571. The van der Waals surface area contributed by atoms with Gasteiger partial charge in [-0.25, -0.2) is 0 Å². The molecule has 3 rings (SSSR count). The van der Waals surface area contributed by atoms with E-state index in [1.807, 2.05) is 36.6 Å². The Balaban J connectivity index is 1.79. The first-order valence-electron chi connectivity index (χ1n) is 9.69. The van der Waals surface area contributed by atoms with Gasteiger partial charge in [0, 0.05) is 13.6 Å². The Morgan fingerprint density at radius 2 is 1.74 bits per heavy atom. The maximum Gasteiger partial charge on any atom is 0.245 e. The second-order valence-corrected chi connectivity index (χ2v) is 8.51. The van der Waals surface area contributed by atoms with Crippen LogP contribution in [-0.2, 0) is 20.9 Å². The molecular weight excluding hydrogens is 360 g/mol. The van der Waals surface area contributed by atoms with E-state index in [1.165, 1.54) is 4.90 Å². The van der Waals surface area contributed by atoms with Gasteiger partial charge in [0.1, 0.15) is 6.04 Å². The Bertz CT molecular complexity index is 670. The van der Waals surface area contributed by atoms with E-state index in [2.05, 4.69) is 0 Å². The van der Waals surface area contributed by atoms with Crippen LogP contribution in [0.2, 0.25) is 0 Å². The summed E-state index contributed by atoms with van der Waals surface area (Å²) in [5, 5.41) is 0. The summed E-state index contributed by atoms with van der Waals surface area (Å²) in [5.41, 5.74) is 1.03. The number of benzene rings is 1. The van der Waals surface area contributed by atoms with Crippen LogP contribution in [0.15, 0.2) is 30.3 Å². The van der Waals surface area contributed by atoms with Gasteiger partial charge in [-0.2, -0.15) is 11.8 Å². The van der Waals surface area contributed by atoms with Gasteiger partial charge in [-0.1, -0.05) is 43.2 Å². The summed E-state index contributed by atoms with van der Waals surface area (Å²) in [6, 6.07) is 9.09. The van der Waals surface area contributed by atoms with Crippen LogP contribution in [0.25, 0.3) is 0 Å². The van der Waals surface area contributed by atoms with E-state index >= 15 is 0 Å². The molecule has 1 aromatic carbocycles. The highest BCUT2D eigenvalue weighted by atomic mass is 32.2. The monoisotopic (exact) mass is 388 g/mol. The predicted molar refractivity (Wildman–Crippen MR) is 107 cm³/mol. The standard InChI is InChI=1S/C21H28N2O3S/c1-22(14-15-8-4-3-5-9-15)21(26)18(12-13-27-2)23-19(24)16-10-6-7-11-17(16)20(23)25/h3-5,8-9,16-18H,6-7,10-14H2,1-2H3. The molecule has 0 aromatic heterocycles. The summed E-state index contributed by atoms with van der Waals surface area (Å²) in [7, 11) is 1.75. The van der Waals surface area contributed by atoms with Crippen molar-refractivity contribution in [2.75, 3.05) is 19.1 Å². The number of hydrogen-bond donors (Lipinski definition) is 0. The third kappa shape index (κ3) is 4.21. The van der Waals surface area contributed by atoms with Crippen LogP contribution in [0.3, 0.4) is 0 Å². The minimum absolute atomic E-state index is 0.128. The summed E-state index contributed by atoms with van der Waals surface area (Å²) in [6.07, 6.45) is 6.01. The minimum atomic E-state index is -0.684. The highest BCUT2D eigenvalue weighted by molar-refractivity contribution is 7.98. The van der Waals surface area contributed by atoms with E-state index in [0.29, 0.717) is 13.0 Å². The van der Waals surface area contributed by atoms with Crippen LogP contribution in [0.4, 0.5) is 0 Å². The van der Waals surface area contributed by atoms with Gasteiger partial charge in [-0.15, -0.1) is 0 Å². The van der Waals surface area contributed by atoms with Gasteiger partial charge in [0.15, 0.2) is 0 Å². The fourth-order valence-electron chi connectivity index (χ4n) is 4.28. The zero-order valence-corrected chi connectivity index (χ0v) is 16.9. The lowest BCUT2D eigenvalue weighted by atomic mass is 9.81. The SMILES string of the molecule is CSCCC(C(=O)N(C)Cc1ccccc1)N1C(=O)C2CCCCC2C1=O. The highest BCUT2D eigenvalue weighted by Crippen LogP contribution is 2.39. The second-order valence-electron chi connectivity index (χ2n) is 7.52. The first kappa shape index (κ1) is 19.9. The average molecular weight is 389 g/mol. The molecule has 3 amide bonds. The maximum absolute atomic E-state index is 13.2. The van der Waals surface area contributed by atoms with E-state index in [4.69, 9.17) is 0 Å². The molecule has 1 saturated carbocycles. The summed E-state index contributed by atoms with van der Waals surface area (Å²) in [5.74, 6) is -0.0876. The van der Waals surface area contributed by atoms with Crippen LogP contribution < -0.4 is 0 Å². The number of amides is 3. The molecule has 1 heterocycles. The van der Waals surface area contributed by atoms with Crippen molar-refractivity contribution in [2.24, 2.45) is 11.8 Å². The Labute approximate surface area is 165 Å². The van der Waals surface area contributed by atoms with E-state index in [0.717, 1.165) is 37.0 Å². The van der Waals surface area contributed by atoms with Crippen LogP contribution in [0.5, 0.6) is 0 Å². The molecule has 2 fully saturated rings. The smallest absolute Gasteiger partial charge is 0.245 e. The Kier molecular flexibility index (Phi) is 6.58. The van der Waals surface area contributed by atoms with Crippen molar-refractivity contribution < 1.29 is 14.4 Å². The van der Waals surface area contributed by atoms with Gasteiger partial charge >= 0.3 is 0 Å². The second kappa shape index (κ2) is 8.91. The lowest BCUT2D eigenvalue weighted by molar-refractivity contribution is -0.151. The van der Waals surface area contributed by atoms with Crippen molar-refractivity contribution in [2.45, 2.75) is 44.7 Å². The molecule has 0 N–H and O–H groups in total. The molecule has 3 atom stereocenters. The Morgan fingerprint density at radius 1 is 1.15 bits per heavy atom. The first-order valence-corrected chi connectivity index (χ1v) is 11.1. The normalized spacial score (nSPS) is 23.3. The number of carbonyl (C=O) groups is 3. The number of thioether (sulfide) groups is 1. The third-order valence-electron chi connectivity index (χ3n) is 5.71. The van der Waals surface area contributed by atoms with Crippen molar-refractivity contribution >= 4 is 29.5 Å². The van der Waals surface area contributed by atoms with Crippen LogP contribution in [0, 0.1) is 11.8 Å². The van der Waals surface area contributed by atoms with Gasteiger partial charge in [0.05, 0.1) is 11.8 Å². The predicted octanol–water partition coefficient (Wildman–Crippen LogP) is 2.94. The lowest BCUT2D eigenvalue weighted by Gasteiger charge is -2.30. The molecular formula is C21H28N2O3S. The van der Waals surface area contributed by atoms with Crippen molar-refractivity contribution in [1.82, 2.24) is 9.80 Å². The van der Waals surface area contributed by atoms with E-state index < -0.39 is 6.04 Å². The molecule has 0 bridgehead atoms. The molecule has 2 aliphatic rings. The number of nitrogens with zero attached hydrogens (tertiary/aromatic N) is 2. The van der Waals surface area contributed by atoms with Gasteiger partial charge in [0.2, 0.25) is 17.7 Å². The van der Waals surface area contributed by atoms with Crippen molar-refractivity contribution in [3.63, 3.8) is 0 Å². The quantitative estimate of drug-likeness (QED) is 0.674. The molecule has 0 spiro atoms. The molecule has 1 saturated heterocycles. The van der Waals surface area contributed by atoms with Crippen molar-refractivity contribution in [3.05, 3.63) is 35.9 Å². The highest BCUT2D eigenvalue weighted by Gasteiger charge is 2.51. The van der Waals surface area contributed by atoms with Gasteiger partial charge in [-0.05, 0) is 36.8 Å². The van der Waals surface area contributed by atoms with Gasteiger partial charge in [-0.3, -0.25) is 19.3 Å². The topological polar surface area (TPSA) is 57.7 Å².